The maximum absolute atomic E-state index is 11.9. The lowest BCUT2D eigenvalue weighted by Crippen LogP contribution is -2.01. The number of rotatable bonds is 8. The van der Waals surface area contributed by atoms with Crippen LogP contribution in [0.3, 0.4) is 0 Å². The molecule has 0 aliphatic rings. The highest BCUT2D eigenvalue weighted by molar-refractivity contribution is 5.96. The molecule has 0 aliphatic heterocycles. The molecule has 24 heavy (non-hydrogen) atoms. The first kappa shape index (κ1) is 17.1. The summed E-state index contributed by atoms with van der Waals surface area (Å²) in [5.74, 6) is -0.111. The Hall–Kier alpha value is -3.22. The highest BCUT2D eigenvalue weighted by atomic mass is 16.6. The fourth-order valence-corrected chi connectivity index (χ4v) is 2.03. The zero-order valence-electron chi connectivity index (χ0n) is 12.7. The highest BCUT2D eigenvalue weighted by Gasteiger charge is 2.08. The second kappa shape index (κ2) is 7.87. The Morgan fingerprint density at radius 3 is 2.00 bits per heavy atom. The lowest BCUT2D eigenvalue weighted by atomic mass is 10.1. The van der Waals surface area contributed by atoms with Gasteiger partial charge in [-0.1, -0.05) is 0 Å². The van der Waals surface area contributed by atoms with Crippen molar-refractivity contribution in [2.24, 2.45) is 0 Å². The zero-order valence-corrected chi connectivity index (χ0v) is 12.7. The molecule has 0 bridgehead atoms. The first-order valence-electron chi connectivity index (χ1n) is 7.23. The number of benzene rings is 2. The van der Waals surface area contributed by atoms with E-state index in [1.54, 1.807) is 24.3 Å². The Kier molecular flexibility index (Phi) is 5.62. The molecule has 0 unspecified atom stereocenters. The number of carbonyl (C=O) groups excluding carboxylic acids is 1. The topological polar surface area (TPSA) is 107 Å². The van der Waals surface area contributed by atoms with Crippen LogP contribution in [0, 0.1) is 10.1 Å². The molecule has 0 saturated carbocycles. The van der Waals surface area contributed by atoms with E-state index in [9.17, 15) is 19.7 Å². The van der Waals surface area contributed by atoms with Crippen LogP contribution < -0.4 is 4.74 Å². The van der Waals surface area contributed by atoms with E-state index in [-0.39, 0.29) is 24.3 Å². The monoisotopic (exact) mass is 329 g/mol. The maximum atomic E-state index is 11.9. The van der Waals surface area contributed by atoms with Crippen molar-refractivity contribution >= 4 is 17.4 Å². The number of carboxylic acids is 1. The Balaban J connectivity index is 1.95. The standard InChI is InChI=1S/C17H15NO6/c19-16(2-1-3-17(20)21)12-4-8-14(9-5-12)24-15-10-6-13(7-11-15)18(22)23/h4-11H,1-3H2,(H,20,21). The summed E-state index contributed by atoms with van der Waals surface area (Å²) >= 11 is 0. The van der Waals surface area contributed by atoms with Gasteiger partial charge in [-0.25, -0.2) is 0 Å². The van der Waals surface area contributed by atoms with Crippen LogP contribution in [0.2, 0.25) is 0 Å². The summed E-state index contributed by atoms with van der Waals surface area (Å²) < 4.78 is 5.55. The molecule has 2 aromatic carbocycles. The van der Waals surface area contributed by atoms with Gasteiger partial charge in [0.1, 0.15) is 11.5 Å². The van der Waals surface area contributed by atoms with E-state index in [1.807, 2.05) is 0 Å². The van der Waals surface area contributed by atoms with Gasteiger partial charge in [-0.3, -0.25) is 19.7 Å². The first-order valence-corrected chi connectivity index (χ1v) is 7.23. The van der Waals surface area contributed by atoms with Gasteiger partial charge < -0.3 is 9.84 Å². The quantitative estimate of drug-likeness (QED) is 0.448. The van der Waals surface area contributed by atoms with E-state index in [0.29, 0.717) is 23.5 Å². The Morgan fingerprint density at radius 1 is 0.958 bits per heavy atom. The summed E-state index contributed by atoms with van der Waals surface area (Å²) in [6.07, 6.45) is 0.442. The molecule has 0 radical (unpaired) electrons. The zero-order chi connectivity index (χ0) is 17.5. The van der Waals surface area contributed by atoms with E-state index in [4.69, 9.17) is 9.84 Å². The smallest absolute Gasteiger partial charge is 0.303 e. The third kappa shape index (κ3) is 4.91. The minimum Gasteiger partial charge on any atom is -0.481 e. The fourth-order valence-electron chi connectivity index (χ4n) is 2.03. The lowest BCUT2D eigenvalue weighted by molar-refractivity contribution is -0.384. The van der Waals surface area contributed by atoms with Crippen LogP contribution >= 0.6 is 0 Å². The number of nitrogens with zero attached hydrogens (tertiary/aromatic N) is 1. The van der Waals surface area contributed by atoms with Crippen molar-refractivity contribution in [2.45, 2.75) is 19.3 Å². The molecule has 2 aromatic rings. The van der Waals surface area contributed by atoms with E-state index in [2.05, 4.69) is 0 Å². The van der Waals surface area contributed by atoms with Gasteiger partial charge in [-0.15, -0.1) is 0 Å². The molecule has 0 amide bonds. The Morgan fingerprint density at radius 2 is 1.50 bits per heavy atom. The van der Waals surface area contributed by atoms with Crippen LogP contribution in [0.4, 0.5) is 5.69 Å². The van der Waals surface area contributed by atoms with Gasteiger partial charge >= 0.3 is 5.97 Å². The third-order valence-corrected chi connectivity index (χ3v) is 3.25. The normalized spacial score (nSPS) is 10.2. The van der Waals surface area contributed by atoms with Gasteiger partial charge in [0.25, 0.3) is 5.69 Å². The predicted molar refractivity (Wildman–Crippen MR) is 85.4 cm³/mol. The summed E-state index contributed by atoms with van der Waals surface area (Å²) in [6, 6.07) is 12.1. The van der Waals surface area contributed by atoms with Crippen LogP contribution in [-0.2, 0) is 4.79 Å². The van der Waals surface area contributed by atoms with Crippen molar-refractivity contribution in [3.8, 4) is 11.5 Å². The first-order chi connectivity index (χ1) is 11.5. The largest absolute Gasteiger partial charge is 0.481 e. The summed E-state index contributed by atoms with van der Waals surface area (Å²) in [6.45, 7) is 0. The van der Waals surface area contributed by atoms with Gasteiger partial charge in [0.05, 0.1) is 4.92 Å². The molecule has 0 aromatic heterocycles. The minimum absolute atomic E-state index is 0.0235. The van der Waals surface area contributed by atoms with Gasteiger partial charge in [-0.05, 0) is 42.8 Å². The SMILES string of the molecule is O=C(O)CCCC(=O)c1ccc(Oc2ccc([N+](=O)[O-])cc2)cc1. The number of hydrogen-bond acceptors (Lipinski definition) is 5. The van der Waals surface area contributed by atoms with E-state index in [1.165, 1.54) is 24.3 Å². The minimum atomic E-state index is -0.922. The van der Waals surface area contributed by atoms with Crippen LogP contribution in [0.25, 0.3) is 0 Å². The number of hydrogen-bond donors (Lipinski definition) is 1. The molecule has 0 atom stereocenters. The number of carboxylic acid groups (broad SMARTS) is 1. The molecule has 7 nitrogen and oxygen atoms in total. The summed E-state index contributed by atoms with van der Waals surface area (Å²) in [7, 11) is 0. The van der Waals surface area contributed by atoms with Gasteiger partial charge in [0, 0.05) is 30.5 Å². The number of Topliss-reactive ketones (excluding diaryl/α,β-unsaturated/α-hetero) is 1. The molecule has 0 saturated heterocycles. The number of ketones is 1. The number of non-ortho nitro benzene ring substituents is 1. The van der Waals surface area contributed by atoms with E-state index in [0.717, 1.165) is 0 Å². The number of ether oxygens (including phenoxy) is 1. The maximum Gasteiger partial charge on any atom is 0.303 e. The molecule has 0 aliphatic carbocycles. The van der Waals surface area contributed by atoms with Crippen molar-refractivity contribution in [1.29, 1.82) is 0 Å². The van der Waals surface area contributed by atoms with Crippen LogP contribution in [-0.4, -0.2) is 21.8 Å². The molecule has 0 spiro atoms. The molecule has 7 heteroatoms. The van der Waals surface area contributed by atoms with Crippen LogP contribution in [0.15, 0.2) is 48.5 Å². The van der Waals surface area contributed by atoms with E-state index < -0.39 is 10.9 Å². The molecular weight excluding hydrogens is 314 g/mol. The van der Waals surface area contributed by atoms with Crippen molar-refractivity contribution in [3.63, 3.8) is 0 Å². The number of aliphatic carboxylic acids is 1. The molecule has 124 valence electrons. The van der Waals surface area contributed by atoms with Crippen molar-refractivity contribution in [2.75, 3.05) is 0 Å². The second-order valence-corrected chi connectivity index (χ2v) is 5.05. The summed E-state index contributed by atoms with van der Waals surface area (Å²) in [4.78, 5) is 32.4. The highest BCUT2D eigenvalue weighted by Crippen LogP contribution is 2.24. The van der Waals surface area contributed by atoms with Crippen LogP contribution in [0.5, 0.6) is 11.5 Å². The molecule has 2 rings (SSSR count). The number of nitro groups is 1. The average molecular weight is 329 g/mol. The summed E-state index contributed by atoms with van der Waals surface area (Å²) in [5, 5.41) is 19.1. The van der Waals surface area contributed by atoms with Crippen LogP contribution in [0.1, 0.15) is 29.6 Å². The van der Waals surface area contributed by atoms with Crippen molar-refractivity contribution < 1.29 is 24.4 Å². The molecule has 0 fully saturated rings. The van der Waals surface area contributed by atoms with Gasteiger partial charge in [0.2, 0.25) is 0 Å². The molecule has 0 heterocycles. The van der Waals surface area contributed by atoms with E-state index >= 15 is 0 Å². The Bertz CT molecular complexity index is 737. The lowest BCUT2D eigenvalue weighted by Gasteiger charge is -2.06. The predicted octanol–water partition coefficient (Wildman–Crippen LogP) is 3.82. The number of carbonyl (C=O) groups is 2. The number of nitro benzene ring substituents is 1. The molecule has 1 N–H and O–H groups in total. The van der Waals surface area contributed by atoms with Crippen molar-refractivity contribution in [3.05, 3.63) is 64.2 Å². The summed E-state index contributed by atoms with van der Waals surface area (Å²) in [5.41, 5.74) is 0.459. The van der Waals surface area contributed by atoms with Gasteiger partial charge in [-0.2, -0.15) is 0 Å². The average Bonchev–Trinajstić information content (AvgIpc) is 2.55. The molecular formula is C17H15NO6. The second-order valence-electron chi connectivity index (χ2n) is 5.05. The fraction of sp³-hybridized carbons (Fsp3) is 0.176. The van der Waals surface area contributed by atoms with Gasteiger partial charge in [0.15, 0.2) is 5.78 Å². The van der Waals surface area contributed by atoms with Crippen molar-refractivity contribution in [1.82, 2.24) is 0 Å². The third-order valence-electron chi connectivity index (χ3n) is 3.25. The Labute approximate surface area is 137 Å².